The number of ketones is 1. The maximum absolute atomic E-state index is 11.9. The highest BCUT2D eigenvalue weighted by Gasteiger charge is 2.06. The van der Waals surface area contributed by atoms with E-state index in [0.717, 1.165) is 5.56 Å². The van der Waals surface area contributed by atoms with Crippen molar-refractivity contribution in [3.63, 3.8) is 0 Å². The molecule has 0 bridgehead atoms. The summed E-state index contributed by atoms with van der Waals surface area (Å²) >= 11 is 5.77. The van der Waals surface area contributed by atoms with Gasteiger partial charge in [-0.15, -0.1) is 0 Å². The molecule has 0 atom stereocenters. The van der Waals surface area contributed by atoms with Gasteiger partial charge in [-0.05, 0) is 48.4 Å². The molecule has 0 spiro atoms. The van der Waals surface area contributed by atoms with Gasteiger partial charge in [-0.2, -0.15) is 0 Å². The zero-order valence-corrected chi connectivity index (χ0v) is 11.6. The molecule has 0 aliphatic rings. The number of benzene rings is 2. The van der Waals surface area contributed by atoms with Crippen LogP contribution in [0.4, 0.5) is 0 Å². The van der Waals surface area contributed by atoms with Crippen LogP contribution in [0.5, 0.6) is 5.75 Å². The van der Waals surface area contributed by atoms with Crippen molar-refractivity contribution in [1.82, 2.24) is 0 Å². The number of halogens is 1. The Hall–Kier alpha value is -1.84. The summed E-state index contributed by atoms with van der Waals surface area (Å²) in [5, 5.41) is 9.42. The highest BCUT2D eigenvalue weighted by molar-refractivity contribution is 6.30. The molecule has 0 aliphatic carbocycles. The van der Waals surface area contributed by atoms with Gasteiger partial charge in [0.25, 0.3) is 0 Å². The molecule has 0 aromatic heterocycles. The first-order chi connectivity index (χ1) is 9.69. The molecule has 1 N–H and O–H groups in total. The number of hydrogen-bond donors (Lipinski definition) is 1. The van der Waals surface area contributed by atoms with Gasteiger partial charge >= 0.3 is 0 Å². The van der Waals surface area contributed by atoms with Crippen LogP contribution in [-0.2, 0) is 6.42 Å². The van der Waals surface area contributed by atoms with Crippen LogP contribution in [0.3, 0.4) is 0 Å². The molecule has 104 valence electrons. The summed E-state index contributed by atoms with van der Waals surface area (Å²) in [6.45, 7) is 0.107. The molecule has 3 nitrogen and oxygen atoms in total. The quantitative estimate of drug-likeness (QED) is 0.832. The van der Waals surface area contributed by atoms with E-state index in [9.17, 15) is 4.79 Å². The van der Waals surface area contributed by atoms with Crippen molar-refractivity contribution >= 4 is 17.4 Å². The van der Waals surface area contributed by atoms with Crippen molar-refractivity contribution in [3.05, 3.63) is 64.7 Å². The first-order valence-corrected chi connectivity index (χ1v) is 6.68. The highest BCUT2D eigenvalue weighted by Crippen LogP contribution is 2.14. The third-order valence-electron chi connectivity index (χ3n) is 2.86. The molecule has 0 saturated carbocycles. The number of carbonyl (C=O) groups excluding carboxylic acids is 1. The topological polar surface area (TPSA) is 46.5 Å². The number of ether oxygens (including phenoxy) is 1. The van der Waals surface area contributed by atoms with E-state index < -0.39 is 0 Å². The van der Waals surface area contributed by atoms with Crippen molar-refractivity contribution in [2.75, 3.05) is 13.2 Å². The van der Waals surface area contributed by atoms with Crippen LogP contribution in [0, 0.1) is 0 Å². The van der Waals surface area contributed by atoms with E-state index in [-0.39, 0.29) is 19.0 Å². The molecule has 0 unspecified atom stereocenters. The Balaban J connectivity index is 1.91. The normalized spacial score (nSPS) is 10.3. The third-order valence-corrected chi connectivity index (χ3v) is 3.11. The maximum atomic E-state index is 11.9. The summed E-state index contributed by atoms with van der Waals surface area (Å²) in [5.74, 6) is 0.537. The van der Waals surface area contributed by atoms with Crippen molar-refractivity contribution in [2.24, 2.45) is 0 Å². The minimum Gasteiger partial charge on any atom is -0.485 e. The summed E-state index contributed by atoms with van der Waals surface area (Å²) in [5.41, 5.74) is 1.61. The molecular weight excluding hydrogens is 276 g/mol. The van der Waals surface area contributed by atoms with Gasteiger partial charge in [0.2, 0.25) is 0 Å². The number of hydrogen-bond acceptors (Lipinski definition) is 3. The first-order valence-electron chi connectivity index (χ1n) is 6.30. The largest absolute Gasteiger partial charge is 0.485 e. The number of aliphatic hydroxyl groups is 1. The predicted molar refractivity (Wildman–Crippen MR) is 78.5 cm³/mol. The molecule has 0 saturated heterocycles. The minimum atomic E-state index is -0.0962. The molecule has 0 heterocycles. The molecule has 0 amide bonds. The lowest BCUT2D eigenvalue weighted by Gasteiger charge is -2.06. The second-order valence-electron chi connectivity index (χ2n) is 4.34. The fraction of sp³-hybridized carbons (Fsp3) is 0.188. The summed E-state index contributed by atoms with van der Waals surface area (Å²) in [6, 6.07) is 14.0. The van der Waals surface area contributed by atoms with Crippen LogP contribution in [0.25, 0.3) is 0 Å². The number of rotatable bonds is 6. The van der Waals surface area contributed by atoms with Crippen molar-refractivity contribution in [2.45, 2.75) is 6.42 Å². The maximum Gasteiger partial charge on any atom is 0.200 e. The average Bonchev–Trinajstić information content (AvgIpc) is 2.47. The smallest absolute Gasteiger partial charge is 0.200 e. The van der Waals surface area contributed by atoms with E-state index in [1.807, 2.05) is 12.1 Å². The third kappa shape index (κ3) is 4.08. The monoisotopic (exact) mass is 290 g/mol. The molecule has 2 aromatic carbocycles. The van der Waals surface area contributed by atoms with Crippen molar-refractivity contribution < 1.29 is 14.6 Å². The molecule has 2 aromatic rings. The number of Topliss-reactive ketones (excluding diaryl/α,β-unsaturated/α-hetero) is 1. The lowest BCUT2D eigenvalue weighted by Crippen LogP contribution is -2.11. The van der Waals surface area contributed by atoms with Gasteiger partial charge in [0, 0.05) is 17.2 Å². The van der Waals surface area contributed by atoms with Gasteiger partial charge in [0.15, 0.2) is 12.4 Å². The molecule has 0 aliphatic heterocycles. The predicted octanol–water partition coefficient (Wildman–Crippen LogP) is 3.14. The van der Waals surface area contributed by atoms with E-state index in [0.29, 0.717) is 22.8 Å². The molecule has 20 heavy (non-hydrogen) atoms. The van der Waals surface area contributed by atoms with Crippen LogP contribution >= 0.6 is 11.6 Å². The SMILES string of the molecule is O=C(COc1ccc(CCO)cc1)c1ccc(Cl)cc1. The molecule has 0 radical (unpaired) electrons. The standard InChI is InChI=1S/C16H15ClO3/c17-14-5-3-13(4-6-14)16(19)11-20-15-7-1-12(2-8-15)9-10-18/h1-8,18H,9-11H2. The zero-order chi connectivity index (χ0) is 14.4. The summed E-state index contributed by atoms with van der Waals surface area (Å²) in [6.07, 6.45) is 0.615. The van der Waals surface area contributed by atoms with Crippen LogP contribution < -0.4 is 4.74 Å². The van der Waals surface area contributed by atoms with E-state index >= 15 is 0 Å². The van der Waals surface area contributed by atoms with Gasteiger partial charge in [0.05, 0.1) is 0 Å². The van der Waals surface area contributed by atoms with Gasteiger partial charge < -0.3 is 9.84 Å². The van der Waals surface area contributed by atoms with Crippen LogP contribution in [-0.4, -0.2) is 24.1 Å². The second-order valence-corrected chi connectivity index (χ2v) is 4.77. The highest BCUT2D eigenvalue weighted by atomic mass is 35.5. The average molecular weight is 291 g/mol. The fourth-order valence-corrected chi connectivity index (χ4v) is 1.88. The number of aliphatic hydroxyl groups excluding tert-OH is 1. The van der Waals surface area contributed by atoms with Crippen molar-refractivity contribution in [1.29, 1.82) is 0 Å². The van der Waals surface area contributed by atoms with Gasteiger partial charge in [-0.1, -0.05) is 23.7 Å². The fourth-order valence-electron chi connectivity index (χ4n) is 1.75. The summed E-state index contributed by atoms with van der Waals surface area (Å²) in [4.78, 5) is 11.9. The van der Waals surface area contributed by atoms with Gasteiger partial charge in [0.1, 0.15) is 5.75 Å². The lowest BCUT2D eigenvalue weighted by molar-refractivity contribution is 0.0921. The lowest BCUT2D eigenvalue weighted by atomic mass is 10.1. The summed E-state index contributed by atoms with van der Waals surface area (Å²) in [7, 11) is 0. The van der Waals surface area contributed by atoms with Crippen LogP contribution in [0.2, 0.25) is 5.02 Å². The van der Waals surface area contributed by atoms with Crippen LogP contribution in [0.15, 0.2) is 48.5 Å². The molecule has 4 heteroatoms. The molecule has 0 fully saturated rings. The Morgan fingerprint density at radius 1 is 1.05 bits per heavy atom. The van der Waals surface area contributed by atoms with Crippen LogP contribution in [0.1, 0.15) is 15.9 Å². The Morgan fingerprint density at radius 2 is 1.70 bits per heavy atom. The minimum absolute atomic E-state index is 0.0129. The number of carbonyl (C=O) groups is 1. The molecular formula is C16H15ClO3. The Morgan fingerprint density at radius 3 is 2.30 bits per heavy atom. The molecule has 2 rings (SSSR count). The Kier molecular flexibility index (Phi) is 5.16. The van der Waals surface area contributed by atoms with E-state index in [4.69, 9.17) is 21.4 Å². The van der Waals surface area contributed by atoms with E-state index in [2.05, 4.69) is 0 Å². The first kappa shape index (κ1) is 14.6. The van der Waals surface area contributed by atoms with E-state index in [1.54, 1.807) is 36.4 Å². The Bertz CT molecular complexity index is 561. The van der Waals surface area contributed by atoms with Gasteiger partial charge in [-0.3, -0.25) is 4.79 Å². The Labute approximate surface area is 122 Å². The summed E-state index contributed by atoms with van der Waals surface area (Å²) < 4.78 is 5.44. The second kappa shape index (κ2) is 7.08. The van der Waals surface area contributed by atoms with Gasteiger partial charge in [-0.25, -0.2) is 0 Å². The van der Waals surface area contributed by atoms with Crippen molar-refractivity contribution in [3.8, 4) is 5.75 Å². The zero-order valence-electron chi connectivity index (χ0n) is 10.9. The van der Waals surface area contributed by atoms with E-state index in [1.165, 1.54) is 0 Å².